The SMILES string of the molecule is Nc1ccc2nc(NCC(O)c3ccccc3)oc2c1. The van der Waals surface area contributed by atoms with E-state index < -0.39 is 6.10 Å². The van der Waals surface area contributed by atoms with Gasteiger partial charge in [0.15, 0.2) is 5.58 Å². The number of aliphatic hydroxyl groups excluding tert-OH is 1. The first-order valence-corrected chi connectivity index (χ1v) is 6.35. The molecule has 0 bridgehead atoms. The quantitative estimate of drug-likeness (QED) is 0.634. The van der Waals surface area contributed by atoms with E-state index in [1.807, 2.05) is 30.3 Å². The average molecular weight is 269 g/mol. The van der Waals surface area contributed by atoms with Gasteiger partial charge in [0, 0.05) is 18.3 Å². The van der Waals surface area contributed by atoms with Crippen molar-refractivity contribution in [3.8, 4) is 0 Å². The number of nitrogens with one attached hydrogen (secondary N) is 1. The third kappa shape index (κ3) is 2.57. The molecule has 0 aliphatic carbocycles. The fourth-order valence-corrected chi connectivity index (χ4v) is 1.99. The standard InChI is InChI=1S/C15H15N3O2/c16-11-6-7-12-14(8-11)20-15(18-12)17-9-13(19)10-4-2-1-3-5-10/h1-8,13,19H,9,16H2,(H,17,18). The number of anilines is 2. The molecular formula is C15H15N3O2. The lowest BCUT2D eigenvalue weighted by atomic mass is 10.1. The Morgan fingerprint density at radius 3 is 2.80 bits per heavy atom. The van der Waals surface area contributed by atoms with Crippen LogP contribution in [0.1, 0.15) is 11.7 Å². The van der Waals surface area contributed by atoms with E-state index in [4.69, 9.17) is 10.2 Å². The monoisotopic (exact) mass is 269 g/mol. The zero-order chi connectivity index (χ0) is 13.9. The van der Waals surface area contributed by atoms with Gasteiger partial charge in [-0.2, -0.15) is 4.98 Å². The summed E-state index contributed by atoms with van der Waals surface area (Å²) in [4.78, 5) is 4.28. The Kier molecular flexibility index (Phi) is 3.26. The molecule has 0 radical (unpaired) electrons. The lowest BCUT2D eigenvalue weighted by molar-refractivity contribution is 0.191. The van der Waals surface area contributed by atoms with Crippen LogP contribution in [0.5, 0.6) is 0 Å². The molecule has 0 saturated heterocycles. The molecule has 5 heteroatoms. The summed E-state index contributed by atoms with van der Waals surface area (Å²) in [6.45, 7) is 0.326. The third-order valence-corrected chi connectivity index (χ3v) is 3.04. The maximum absolute atomic E-state index is 10.0. The maximum atomic E-state index is 10.0. The normalized spacial score (nSPS) is 12.4. The second-order valence-electron chi connectivity index (χ2n) is 4.55. The van der Waals surface area contributed by atoms with Gasteiger partial charge in [0.05, 0.1) is 6.10 Å². The van der Waals surface area contributed by atoms with E-state index in [2.05, 4.69) is 10.3 Å². The summed E-state index contributed by atoms with van der Waals surface area (Å²) in [6, 6.07) is 15.1. The number of aliphatic hydroxyl groups is 1. The van der Waals surface area contributed by atoms with Crippen LogP contribution in [-0.4, -0.2) is 16.6 Å². The number of fused-ring (bicyclic) bond motifs is 1. The fraction of sp³-hybridized carbons (Fsp3) is 0.133. The number of benzene rings is 2. The topological polar surface area (TPSA) is 84.3 Å². The molecule has 1 unspecified atom stereocenters. The Hall–Kier alpha value is -2.53. The van der Waals surface area contributed by atoms with Crippen LogP contribution in [0.3, 0.4) is 0 Å². The second-order valence-corrected chi connectivity index (χ2v) is 4.55. The van der Waals surface area contributed by atoms with E-state index in [0.29, 0.717) is 23.8 Å². The van der Waals surface area contributed by atoms with Crippen LogP contribution < -0.4 is 11.1 Å². The van der Waals surface area contributed by atoms with E-state index in [-0.39, 0.29) is 0 Å². The van der Waals surface area contributed by atoms with Crippen molar-refractivity contribution in [3.05, 3.63) is 54.1 Å². The largest absolute Gasteiger partial charge is 0.423 e. The molecule has 0 spiro atoms. The van der Waals surface area contributed by atoms with Crippen molar-refractivity contribution in [2.45, 2.75) is 6.10 Å². The molecule has 0 saturated carbocycles. The first-order valence-electron chi connectivity index (χ1n) is 6.35. The Morgan fingerprint density at radius 2 is 2.00 bits per heavy atom. The van der Waals surface area contributed by atoms with Crippen LogP contribution in [-0.2, 0) is 0 Å². The van der Waals surface area contributed by atoms with E-state index in [1.54, 1.807) is 18.2 Å². The zero-order valence-corrected chi connectivity index (χ0v) is 10.8. The van der Waals surface area contributed by atoms with Gasteiger partial charge in [-0.15, -0.1) is 0 Å². The van der Waals surface area contributed by atoms with Gasteiger partial charge in [0.1, 0.15) is 5.52 Å². The highest BCUT2D eigenvalue weighted by molar-refractivity contribution is 5.78. The van der Waals surface area contributed by atoms with Crippen LogP contribution in [0.2, 0.25) is 0 Å². The maximum Gasteiger partial charge on any atom is 0.295 e. The van der Waals surface area contributed by atoms with Crippen molar-refractivity contribution >= 4 is 22.8 Å². The van der Waals surface area contributed by atoms with Crippen molar-refractivity contribution in [1.82, 2.24) is 4.98 Å². The minimum Gasteiger partial charge on any atom is -0.423 e. The number of nitrogen functional groups attached to an aromatic ring is 1. The highest BCUT2D eigenvalue weighted by Crippen LogP contribution is 2.21. The van der Waals surface area contributed by atoms with E-state index in [1.165, 1.54) is 0 Å². The lowest BCUT2D eigenvalue weighted by Gasteiger charge is -2.10. The van der Waals surface area contributed by atoms with E-state index >= 15 is 0 Å². The summed E-state index contributed by atoms with van der Waals surface area (Å²) in [5.74, 6) is 0. The van der Waals surface area contributed by atoms with Gasteiger partial charge < -0.3 is 20.6 Å². The van der Waals surface area contributed by atoms with Crippen molar-refractivity contribution in [3.63, 3.8) is 0 Å². The Morgan fingerprint density at radius 1 is 1.20 bits per heavy atom. The van der Waals surface area contributed by atoms with Crippen LogP contribution in [0.25, 0.3) is 11.1 Å². The molecule has 1 atom stereocenters. The number of nitrogens with zero attached hydrogens (tertiary/aromatic N) is 1. The number of hydrogen-bond donors (Lipinski definition) is 3. The number of oxazole rings is 1. The zero-order valence-electron chi connectivity index (χ0n) is 10.8. The smallest absolute Gasteiger partial charge is 0.295 e. The molecule has 4 N–H and O–H groups in total. The summed E-state index contributed by atoms with van der Waals surface area (Å²) >= 11 is 0. The molecule has 0 aliphatic heterocycles. The van der Waals surface area contributed by atoms with Crippen molar-refractivity contribution in [2.75, 3.05) is 17.6 Å². The lowest BCUT2D eigenvalue weighted by Crippen LogP contribution is -2.12. The van der Waals surface area contributed by atoms with Crippen LogP contribution in [0.15, 0.2) is 52.9 Å². The van der Waals surface area contributed by atoms with Crippen molar-refractivity contribution in [2.24, 2.45) is 0 Å². The van der Waals surface area contributed by atoms with Gasteiger partial charge in [0.25, 0.3) is 6.01 Å². The second kappa shape index (κ2) is 5.22. The van der Waals surface area contributed by atoms with Gasteiger partial charge in [-0.1, -0.05) is 30.3 Å². The number of nitrogens with two attached hydrogens (primary N) is 1. The molecule has 1 heterocycles. The van der Waals surface area contributed by atoms with Gasteiger partial charge in [-0.05, 0) is 17.7 Å². The average Bonchev–Trinajstić information content (AvgIpc) is 2.87. The summed E-state index contributed by atoms with van der Waals surface area (Å²) in [6.07, 6.45) is -0.615. The summed E-state index contributed by atoms with van der Waals surface area (Å²) in [7, 11) is 0. The molecule has 0 fully saturated rings. The first-order chi connectivity index (χ1) is 9.72. The van der Waals surface area contributed by atoms with Crippen LogP contribution >= 0.6 is 0 Å². The molecule has 102 valence electrons. The molecule has 0 amide bonds. The summed E-state index contributed by atoms with van der Waals surface area (Å²) in [5.41, 5.74) is 8.52. The first kappa shape index (κ1) is 12.5. The highest BCUT2D eigenvalue weighted by Gasteiger charge is 2.10. The number of aromatic nitrogens is 1. The van der Waals surface area contributed by atoms with E-state index in [9.17, 15) is 5.11 Å². The van der Waals surface area contributed by atoms with Crippen LogP contribution in [0.4, 0.5) is 11.7 Å². The molecule has 3 aromatic rings. The number of rotatable bonds is 4. The summed E-state index contributed by atoms with van der Waals surface area (Å²) < 4.78 is 5.52. The minimum atomic E-state index is -0.615. The van der Waals surface area contributed by atoms with Crippen molar-refractivity contribution in [1.29, 1.82) is 0 Å². The Bertz CT molecular complexity index is 709. The van der Waals surface area contributed by atoms with Gasteiger partial charge in [-0.3, -0.25) is 0 Å². The van der Waals surface area contributed by atoms with Crippen LogP contribution in [0, 0.1) is 0 Å². The molecule has 5 nitrogen and oxygen atoms in total. The van der Waals surface area contributed by atoms with E-state index in [0.717, 1.165) is 11.1 Å². The molecule has 3 rings (SSSR count). The Balaban J connectivity index is 1.71. The third-order valence-electron chi connectivity index (χ3n) is 3.04. The minimum absolute atomic E-state index is 0.326. The molecule has 20 heavy (non-hydrogen) atoms. The van der Waals surface area contributed by atoms with Crippen molar-refractivity contribution < 1.29 is 9.52 Å². The Labute approximate surface area is 116 Å². The number of hydrogen-bond acceptors (Lipinski definition) is 5. The fourth-order valence-electron chi connectivity index (χ4n) is 1.99. The summed E-state index contributed by atoms with van der Waals surface area (Å²) in [5, 5.41) is 13.0. The predicted octanol–water partition coefficient (Wildman–Crippen LogP) is 2.56. The van der Waals surface area contributed by atoms with Gasteiger partial charge in [0.2, 0.25) is 0 Å². The molecular weight excluding hydrogens is 254 g/mol. The highest BCUT2D eigenvalue weighted by atomic mass is 16.4. The molecule has 1 aromatic heterocycles. The van der Waals surface area contributed by atoms with Gasteiger partial charge >= 0.3 is 0 Å². The molecule has 2 aromatic carbocycles. The van der Waals surface area contributed by atoms with Gasteiger partial charge in [-0.25, -0.2) is 0 Å². The predicted molar refractivity (Wildman–Crippen MR) is 78.3 cm³/mol. The molecule has 0 aliphatic rings.